The van der Waals surface area contributed by atoms with E-state index in [1.54, 1.807) is 6.20 Å². The minimum absolute atomic E-state index is 0.286. The predicted octanol–water partition coefficient (Wildman–Crippen LogP) is 3.10. The molecule has 1 saturated carbocycles. The molecule has 0 spiro atoms. The van der Waals surface area contributed by atoms with E-state index in [-0.39, 0.29) is 5.75 Å². The summed E-state index contributed by atoms with van der Waals surface area (Å²) in [7, 11) is 2.07. The van der Waals surface area contributed by atoms with E-state index in [0.29, 0.717) is 17.1 Å². The molecule has 0 amide bonds. The van der Waals surface area contributed by atoms with Crippen molar-refractivity contribution in [2.45, 2.75) is 31.7 Å². The lowest BCUT2D eigenvalue weighted by molar-refractivity contribution is -0.274. The highest BCUT2D eigenvalue weighted by Crippen LogP contribution is 2.28. The smallest absolute Gasteiger partial charge is 0.404 e. The summed E-state index contributed by atoms with van der Waals surface area (Å²) in [4.78, 5) is 9.23. The van der Waals surface area contributed by atoms with Gasteiger partial charge in [0.15, 0.2) is 0 Å². The molecule has 0 aromatic carbocycles. The van der Waals surface area contributed by atoms with Gasteiger partial charge in [0.05, 0.1) is 6.20 Å². The van der Waals surface area contributed by atoms with Gasteiger partial charge in [0.2, 0.25) is 0 Å². The van der Waals surface area contributed by atoms with Crippen molar-refractivity contribution in [1.29, 1.82) is 0 Å². The van der Waals surface area contributed by atoms with E-state index in [1.165, 1.54) is 18.9 Å². The molecule has 0 atom stereocenters. The van der Waals surface area contributed by atoms with Gasteiger partial charge in [-0.3, -0.25) is 0 Å². The Morgan fingerprint density at radius 2 is 2.19 bits per heavy atom. The summed E-state index contributed by atoms with van der Waals surface area (Å²) in [5.41, 5.74) is 1.53. The van der Waals surface area contributed by atoms with Crippen molar-refractivity contribution in [3.05, 3.63) is 24.0 Å². The molecule has 0 radical (unpaired) electrons. The van der Waals surface area contributed by atoms with Gasteiger partial charge >= 0.3 is 6.36 Å². The first kappa shape index (κ1) is 14.2. The molecule has 1 N–H and O–H groups in total. The van der Waals surface area contributed by atoms with Crippen LogP contribution in [0.4, 0.5) is 13.2 Å². The summed E-state index contributed by atoms with van der Waals surface area (Å²) in [6, 6.07) is 2.05. The Morgan fingerprint density at radius 3 is 2.86 bits per heavy atom. The number of alkyl halides is 3. The molecule has 21 heavy (non-hydrogen) atoms. The Balaban J connectivity index is 1.76. The fourth-order valence-electron chi connectivity index (χ4n) is 2.43. The van der Waals surface area contributed by atoms with Gasteiger partial charge in [-0.25, -0.2) is 4.98 Å². The van der Waals surface area contributed by atoms with Gasteiger partial charge in [-0.05, 0) is 37.9 Å². The maximum Gasteiger partial charge on any atom is 0.573 e. The molecule has 0 aliphatic heterocycles. The van der Waals surface area contributed by atoms with Crippen LogP contribution in [0.25, 0.3) is 11.0 Å². The predicted molar refractivity (Wildman–Crippen MR) is 72.1 cm³/mol. The van der Waals surface area contributed by atoms with Crippen LogP contribution < -0.4 is 4.74 Å². The van der Waals surface area contributed by atoms with Gasteiger partial charge in [-0.1, -0.05) is 0 Å². The van der Waals surface area contributed by atoms with E-state index in [1.807, 2.05) is 0 Å². The second-order valence-electron chi connectivity index (χ2n) is 5.39. The minimum atomic E-state index is -4.70. The third-order valence-electron chi connectivity index (χ3n) is 3.73. The van der Waals surface area contributed by atoms with Crippen molar-refractivity contribution < 1.29 is 17.9 Å². The molecule has 0 unspecified atom stereocenters. The third-order valence-corrected chi connectivity index (χ3v) is 3.73. The Hall–Kier alpha value is -1.76. The topological polar surface area (TPSA) is 41.2 Å². The van der Waals surface area contributed by atoms with Crippen LogP contribution in [0.15, 0.2) is 18.5 Å². The second-order valence-corrected chi connectivity index (χ2v) is 5.39. The van der Waals surface area contributed by atoms with Crippen molar-refractivity contribution in [2.75, 3.05) is 13.6 Å². The number of aromatic nitrogens is 2. The standard InChI is InChI=1S/C14H16F3N3O/c1-20(10-2-3-10)5-4-9-7-18-13-12(9)6-11(8-19-13)21-14(15,16)17/h6-8,10H,2-5H2,1H3,(H,18,19). The Morgan fingerprint density at radius 1 is 1.43 bits per heavy atom. The normalized spacial score (nSPS) is 15.9. The number of nitrogens with one attached hydrogen (secondary N) is 1. The van der Waals surface area contributed by atoms with Crippen LogP contribution in [0, 0.1) is 0 Å². The van der Waals surface area contributed by atoms with Crippen molar-refractivity contribution >= 4 is 11.0 Å². The van der Waals surface area contributed by atoms with Crippen LogP contribution in [0.2, 0.25) is 0 Å². The number of halogens is 3. The first-order chi connectivity index (χ1) is 9.92. The zero-order chi connectivity index (χ0) is 15.0. The zero-order valence-corrected chi connectivity index (χ0v) is 11.6. The molecule has 3 rings (SSSR count). The summed E-state index contributed by atoms with van der Waals surface area (Å²) in [6.07, 6.45) is 1.41. The average molecular weight is 299 g/mol. The lowest BCUT2D eigenvalue weighted by atomic mass is 10.1. The van der Waals surface area contributed by atoms with Gasteiger partial charge in [0.1, 0.15) is 11.4 Å². The van der Waals surface area contributed by atoms with Crippen LogP contribution in [0.1, 0.15) is 18.4 Å². The van der Waals surface area contributed by atoms with Gasteiger partial charge in [-0.2, -0.15) is 0 Å². The van der Waals surface area contributed by atoms with Gasteiger partial charge in [-0.15, -0.1) is 13.2 Å². The maximum absolute atomic E-state index is 12.3. The van der Waals surface area contributed by atoms with Crippen LogP contribution >= 0.6 is 0 Å². The molecule has 4 nitrogen and oxygen atoms in total. The first-order valence-corrected chi connectivity index (χ1v) is 6.84. The summed E-state index contributed by atoms with van der Waals surface area (Å²) in [5, 5.41) is 0.681. The van der Waals surface area contributed by atoms with E-state index >= 15 is 0 Å². The number of hydrogen-bond donors (Lipinski definition) is 1. The second kappa shape index (κ2) is 5.22. The van der Waals surface area contributed by atoms with Gasteiger partial charge in [0.25, 0.3) is 0 Å². The quantitative estimate of drug-likeness (QED) is 0.922. The van der Waals surface area contributed by atoms with Crippen molar-refractivity contribution in [1.82, 2.24) is 14.9 Å². The van der Waals surface area contributed by atoms with E-state index in [2.05, 4.69) is 26.7 Å². The van der Waals surface area contributed by atoms with Crippen molar-refractivity contribution in [3.8, 4) is 5.75 Å². The van der Waals surface area contributed by atoms with Crippen LogP contribution in [-0.2, 0) is 6.42 Å². The summed E-state index contributed by atoms with van der Waals surface area (Å²) in [6.45, 7) is 0.877. The molecule has 1 aliphatic rings. The highest BCUT2D eigenvalue weighted by Gasteiger charge is 2.31. The van der Waals surface area contributed by atoms with Crippen molar-refractivity contribution in [2.24, 2.45) is 0 Å². The number of aromatic amines is 1. The van der Waals surface area contributed by atoms with Gasteiger partial charge < -0.3 is 14.6 Å². The molecule has 7 heteroatoms. The summed E-state index contributed by atoms with van der Waals surface area (Å²) in [5.74, 6) is -0.286. The summed E-state index contributed by atoms with van der Waals surface area (Å²) < 4.78 is 40.7. The average Bonchev–Trinajstić information content (AvgIpc) is 3.16. The lowest BCUT2D eigenvalue weighted by Gasteiger charge is -2.14. The number of fused-ring (bicyclic) bond motifs is 1. The number of likely N-dealkylation sites (N-methyl/N-ethyl adjacent to an activating group) is 1. The zero-order valence-electron chi connectivity index (χ0n) is 11.6. The number of hydrogen-bond acceptors (Lipinski definition) is 3. The molecular weight excluding hydrogens is 283 g/mol. The number of H-pyrrole nitrogens is 1. The number of nitrogens with zero attached hydrogens (tertiary/aromatic N) is 2. The van der Waals surface area contributed by atoms with Crippen LogP contribution in [0.3, 0.4) is 0 Å². The minimum Gasteiger partial charge on any atom is -0.404 e. The number of ether oxygens (including phenoxy) is 1. The Bertz CT molecular complexity index is 634. The van der Waals surface area contributed by atoms with Crippen LogP contribution in [0.5, 0.6) is 5.75 Å². The fourth-order valence-corrected chi connectivity index (χ4v) is 2.43. The molecule has 0 bridgehead atoms. The molecule has 0 saturated heterocycles. The largest absolute Gasteiger partial charge is 0.573 e. The molecule has 2 heterocycles. The van der Waals surface area contributed by atoms with E-state index in [0.717, 1.165) is 24.7 Å². The molecule has 1 aliphatic carbocycles. The Labute approximate surface area is 119 Å². The van der Waals surface area contributed by atoms with Crippen molar-refractivity contribution in [3.63, 3.8) is 0 Å². The molecule has 2 aromatic heterocycles. The lowest BCUT2D eigenvalue weighted by Crippen LogP contribution is -2.23. The first-order valence-electron chi connectivity index (χ1n) is 6.84. The maximum atomic E-state index is 12.3. The molecular formula is C14H16F3N3O. The third kappa shape index (κ3) is 3.47. The molecule has 2 aromatic rings. The van der Waals surface area contributed by atoms with E-state index < -0.39 is 6.36 Å². The number of pyridine rings is 1. The fraction of sp³-hybridized carbons (Fsp3) is 0.500. The highest BCUT2D eigenvalue weighted by atomic mass is 19.4. The monoisotopic (exact) mass is 299 g/mol. The summed E-state index contributed by atoms with van der Waals surface area (Å²) >= 11 is 0. The highest BCUT2D eigenvalue weighted by molar-refractivity contribution is 5.80. The van der Waals surface area contributed by atoms with Crippen LogP contribution in [-0.4, -0.2) is 40.9 Å². The van der Waals surface area contributed by atoms with E-state index in [9.17, 15) is 13.2 Å². The Kier molecular flexibility index (Phi) is 3.52. The van der Waals surface area contributed by atoms with E-state index in [4.69, 9.17) is 0 Å². The number of rotatable bonds is 5. The SMILES string of the molecule is CN(CCc1c[nH]c2ncc(OC(F)(F)F)cc12)C1CC1. The van der Waals surface area contributed by atoms with Gasteiger partial charge in [0, 0.05) is 24.2 Å². The molecule has 114 valence electrons. The molecule has 1 fully saturated rings.